The summed E-state index contributed by atoms with van der Waals surface area (Å²) in [6.07, 6.45) is 0. The Hall–Kier alpha value is -2.65. The standard InChI is InChI=1S/C21H20FNO/c22-20-12-10-18(11-13-20)16-24-21-9-5-4-8-19(21)15-23-14-17-6-2-1-3-7-17/h1-13,23H,14-16H2. The largest absolute Gasteiger partial charge is 0.489 e. The Bertz CT molecular complexity index is 756. The molecule has 0 radical (unpaired) electrons. The van der Waals surface area contributed by atoms with E-state index >= 15 is 0 Å². The molecule has 0 aliphatic carbocycles. The van der Waals surface area contributed by atoms with Crippen molar-refractivity contribution < 1.29 is 9.13 Å². The molecular weight excluding hydrogens is 301 g/mol. The van der Waals surface area contributed by atoms with Gasteiger partial charge >= 0.3 is 0 Å². The van der Waals surface area contributed by atoms with Crippen LogP contribution < -0.4 is 10.1 Å². The van der Waals surface area contributed by atoms with Crippen LogP contribution in [0.1, 0.15) is 16.7 Å². The van der Waals surface area contributed by atoms with Crippen LogP contribution in [0.4, 0.5) is 4.39 Å². The SMILES string of the molecule is Fc1ccc(COc2ccccc2CNCc2ccccc2)cc1. The number of ether oxygens (including phenoxy) is 1. The lowest BCUT2D eigenvalue weighted by Crippen LogP contribution is -2.13. The maximum absolute atomic E-state index is 12.9. The summed E-state index contributed by atoms with van der Waals surface area (Å²) in [5.74, 6) is 0.617. The zero-order valence-electron chi connectivity index (χ0n) is 13.4. The van der Waals surface area contributed by atoms with Gasteiger partial charge in [-0.05, 0) is 29.3 Å². The molecule has 0 heterocycles. The number of rotatable bonds is 7. The molecule has 122 valence electrons. The molecular formula is C21H20FNO. The first kappa shape index (κ1) is 16.2. The lowest BCUT2D eigenvalue weighted by atomic mass is 10.2. The molecule has 0 aliphatic heterocycles. The van der Waals surface area contributed by atoms with Crippen molar-refractivity contribution in [2.45, 2.75) is 19.7 Å². The minimum absolute atomic E-state index is 0.232. The molecule has 0 bridgehead atoms. The van der Waals surface area contributed by atoms with E-state index in [4.69, 9.17) is 4.74 Å². The normalized spacial score (nSPS) is 10.5. The van der Waals surface area contributed by atoms with Gasteiger partial charge in [0, 0.05) is 18.7 Å². The van der Waals surface area contributed by atoms with Gasteiger partial charge in [-0.1, -0.05) is 60.7 Å². The van der Waals surface area contributed by atoms with Gasteiger partial charge in [-0.3, -0.25) is 0 Å². The summed E-state index contributed by atoms with van der Waals surface area (Å²) >= 11 is 0. The summed E-state index contributed by atoms with van der Waals surface area (Å²) < 4.78 is 18.8. The van der Waals surface area contributed by atoms with E-state index < -0.39 is 0 Å². The Balaban J connectivity index is 1.57. The Labute approximate surface area is 141 Å². The highest BCUT2D eigenvalue weighted by Gasteiger charge is 2.04. The van der Waals surface area contributed by atoms with Gasteiger partial charge < -0.3 is 10.1 Å². The van der Waals surface area contributed by atoms with Gasteiger partial charge in [0.15, 0.2) is 0 Å². The Morgan fingerprint density at radius 2 is 1.42 bits per heavy atom. The van der Waals surface area contributed by atoms with Crippen LogP contribution in [0.5, 0.6) is 5.75 Å². The van der Waals surface area contributed by atoms with Crippen molar-refractivity contribution in [1.82, 2.24) is 5.32 Å². The number of para-hydroxylation sites is 1. The molecule has 0 unspecified atom stereocenters. The number of nitrogens with one attached hydrogen (secondary N) is 1. The van der Waals surface area contributed by atoms with Gasteiger partial charge in [-0.25, -0.2) is 4.39 Å². The van der Waals surface area contributed by atoms with E-state index in [9.17, 15) is 4.39 Å². The number of hydrogen-bond acceptors (Lipinski definition) is 2. The van der Waals surface area contributed by atoms with Crippen LogP contribution in [0, 0.1) is 5.82 Å². The van der Waals surface area contributed by atoms with Crippen molar-refractivity contribution in [3.8, 4) is 5.75 Å². The monoisotopic (exact) mass is 321 g/mol. The Kier molecular flexibility index (Phi) is 5.59. The van der Waals surface area contributed by atoms with Crippen molar-refractivity contribution in [2.75, 3.05) is 0 Å². The summed E-state index contributed by atoms with van der Waals surface area (Å²) in [6, 6.07) is 24.7. The van der Waals surface area contributed by atoms with E-state index in [1.54, 1.807) is 12.1 Å². The first-order valence-corrected chi connectivity index (χ1v) is 8.01. The lowest BCUT2D eigenvalue weighted by molar-refractivity contribution is 0.302. The van der Waals surface area contributed by atoms with E-state index in [0.717, 1.165) is 30.0 Å². The molecule has 0 atom stereocenters. The summed E-state index contributed by atoms with van der Waals surface area (Å²) in [7, 11) is 0. The molecule has 3 aromatic rings. The molecule has 0 aliphatic rings. The average molecular weight is 321 g/mol. The summed E-state index contributed by atoms with van der Waals surface area (Å²) in [5.41, 5.74) is 3.31. The molecule has 1 N–H and O–H groups in total. The zero-order valence-corrected chi connectivity index (χ0v) is 13.4. The van der Waals surface area contributed by atoms with Crippen molar-refractivity contribution in [3.63, 3.8) is 0 Å². The van der Waals surface area contributed by atoms with Gasteiger partial charge in [-0.2, -0.15) is 0 Å². The van der Waals surface area contributed by atoms with Crippen LogP contribution >= 0.6 is 0 Å². The van der Waals surface area contributed by atoms with Crippen molar-refractivity contribution >= 4 is 0 Å². The molecule has 0 saturated heterocycles. The van der Waals surface area contributed by atoms with Crippen LogP contribution in [-0.2, 0) is 19.7 Å². The maximum atomic E-state index is 12.9. The van der Waals surface area contributed by atoms with Crippen LogP contribution in [0.15, 0.2) is 78.9 Å². The van der Waals surface area contributed by atoms with E-state index in [1.165, 1.54) is 17.7 Å². The minimum atomic E-state index is -0.232. The second-order valence-corrected chi connectivity index (χ2v) is 5.61. The molecule has 3 aromatic carbocycles. The van der Waals surface area contributed by atoms with Gasteiger partial charge in [0.25, 0.3) is 0 Å². The third kappa shape index (κ3) is 4.67. The molecule has 0 spiro atoms. The molecule has 24 heavy (non-hydrogen) atoms. The maximum Gasteiger partial charge on any atom is 0.124 e. The molecule has 0 aromatic heterocycles. The Morgan fingerprint density at radius 3 is 2.21 bits per heavy atom. The first-order valence-electron chi connectivity index (χ1n) is 8.01. The van der Waals surface area contributed by atoms with E-state index in [0.29, 0.717) is 6.61 Å². The highest BCUT2D eigenvalue weighted by molar-refractivity contribution is 5.33. The molecule has 0 amide bonds. The van der Waals surface area contributed by atoms with Crippen LogP contribution in [0.25, 0.3) is 0 Å². The summed E-state index contributed by atoms with van der Waals surface area (Å²) in [6.45, 7) is 1.97. The number of hydrogen-bond donors (Lipinski definition) is 1. The molecule has 3 rings (SSSR count). The van der Waals surface area contributed by atoms with Crippen LogP contribution in [-0.4, -0.2) is 0 Å². The highest BCUT2D eigenvalue weighted by atomic mass is 19.1. The summed E-state index contributed by atoms with van der Waals surface area (Å²) in [5, 5.41) is 3.43. The predicted octanol–water partition coefficient (Wildman–Crippen LogP) is 4.69. The fraction of sp³-hybridized carbons (Fsp3) is 0.143. The highest BCUT2D eigenvalue weighted by Crippen LogP contribution is 2.19. The lowest BCUT2D eigenvalue weighted by Gasteiger charge is -2.12. The average Bonchev–Trinajstić information content (AvgIpc) is 2.63. The van der Waals surface area contributed by atoms with Crippen molar-refractivity contribution in [2.24, 2.45) is 0 Å². The van der Waals surface area contributed by atoms with Crippen LogP contribution in [0.3, 0.4) is 0 Å². The van der Waals surface area contributed by atoms with E-state index in [1.807, 2.05) is 36.4 Å². The van der Waals surface area contributed by atoms with E-state index in [2.05, 4.69) is 23.5 Å². The fourth-order valence-corrected chi connectivity index (χ4v) is 2.47. The first-order chi connectivity index (χ1) is 11.8. The van der Waals surface area contributed by atoms with Gasteiger partial charge in [0.05, 0.1) is 0 Å². The smallest absolute Gasteiger partial charge is 0.124 e. The van der Waals surface area contributed by atoms with Gasteiger partial charge in [-0.15, -0.1) is 0 Å². The second-order valence-electron chi connectivity index (χ2n) is 5.61. The fourth-order valence-electron chi connectivity index (χ4n) is 2.47. The summed E-state index contributed by atoms with van der Waals surface area (Å²) in [4.78, 5) is 0. The number of halogens is 1. The molecule has 0 fully saturated rings. The van der Waals surface area contributed by atoms with Gasteiger partial charge in [0.1, 0.15) is 18.2 Å². The van der Waals surface area contributed by atoms with Crippen molar-refractivity contribution in [3.05, 3.63) is 101 Å². The Morgan fingerprint density at radius 1 is 0.708 bits per heavy atom. The topological polar surface area (TPSA) is 21.3 Å². The van der Waals surface area contributed by atoms with Crippen LogP contribution in [0.2, 0.25) is 0 Å². The molecule has 3 heteroatoms. The van der Waals surface area contributed by atoms with Gasteiger partial charge in [0.2, 0.25) is 0 Å². The third-order valence-corrected chi connectivity index (χ3v) is 3.77. The quantitative estimate of drug-likeness (QED) is 0.681. The van der Waals surface area contributed by atoms with E-state index in [-0.39, 0.29) is 5.82 Å². The predicted molar refractivity (Wildman–Crippen MR) is 94.2 cm³/mol. The zero-order chi connectivity index (χ0) is 16.6. The third-order valence-electron chi connectivity index (χ3n) is 3.77. The molecule has 2 nitrogen and oxygen atoms in total. The molecule has 0 saturated carbocycles. The second kappa shape index (κ2) is 8.27. The van der Waals surface area contributed by atoms with Crippen molar-refractivity contribution in [1.29, 1.82) is 0 Å². The minimum Gasteiger partial charge on any atom is -0.489 e. The number of benzene rings is 3.